The van der Waals surface area contributed by atoms with Crippen LogP contribution in [0.1, 0.15) is 31.2 Å². The number of nitrogens with one attached hydrogen (secondary N) is 1. The van der Waals surface area contributed by atoms with Gasteiger partial charge < -0.3 is 10.4 Å². The molecule has 0 bridgehead atoms. The molecule has 4 nitrogen and oxygen atoms in total. The molecule has 1 aromatic heterocycles. The van der Waals surface area contributed by atoms with Gasteiger partial charge in [0.05, 0.1) is 11.8 Å². The minimum atomic E-state index is -0.483. The van der Waals surface area contributed by atoms with Crippen molar-refractivity contribution in [1.29, 1.82) is 0 Å². The third-order valence-electron chi connectivity index (χ3n) is 2.37. The van der Waals surface area contributed by atoms with Gasteiger partial charge in [0.15, 0.2) is 0 Å². The lowest BCUT2D eigenvalue weighted by Crippen LogP contribution is -2.32. The van der Waals surface area contributed by atoms with Crippen LogP contribution >= 0.6 is 0 Å². The molecule has 0 amide bonds. The maximum atomic E-state index is 10.00. The Hall–Kier alpha value is -0.870. The fourth-order valence-electron chi connectivity index (χ4n) is 1.61. The highest BCUT2D eigenvalue weighted by molar-refractivity contribution is 5.19. The first-order valence-electron chi connectivity index (χ1n) is 4.97. The highest BCUT2D eigenvalue weighted by atomic mass is 16.3. The molecule has 2 N–H and O–H groups in total. The van der Waals surface area contributed by atoms with Crippen molar-refractivity contribution in [3.8, 4) is 0 Å². The van der Waals surface area contributed by atoms with Gasteiger partial charge >= 0.3 is 0 Å². The maximum Gasteiger partial charge on any atom is 0.0973 e. The summed E-state index contributed by atoms with van der Waals surface area (Å²) in [6, 6.07) is 0.0582. The van der Waals surface area contributed by atoms with E-state index in [9.17, 15) is 5.11 Å². The third-order valence-corrected chi connectivity index (χ3v) is 2.37. The number of hydrogen-bond acceptors (Lipinski definition) is 3. The van der Waals surface area contributed by atoms with E-state index >= 15 is 0 Å². The Bertz CT molecular complexity index is 296. The Morgan fingerprint density at radius 3 is 2.71 bits per heavy atom. The van der Waals surface area contributed by atoms with Crippen molar-refractivity contribution >= 4 is 0 Å². The molecule has 0 aliphatic carbocycles. The first-order chi connectivity index (χ1) is 6.56. The van der Waals surface area contributed by atoms with Crippen LogP contribution in [-0.2, 0) is 7.05 Å². The van der Waals surface area contributed by atoms with Gasteiger partial charge in [0, 0.05) is 24.8 Å². The average Bonchev–Trinajstić information content (AvgIpc) is 2.44. The van der Waals surface area contributed by atoms with Crippen molar-refractivity contribution in [3.05, 3.63) is 17.5 Å². The van der Waals surface area contributed by atoms with Gasteiger partial charge in [-0.05, 0) is 20.4 Å². The standard InChI is InChI=1S/C10H19N3O/c1-5-11-8(3)10(14)9-6-13(4)12-7(9)2/h6,8,10-11,14H,5H2,1-4H3. The van der Waals surface area contributed by atoms with Crippen LogP contribution in [0.4, 0.5) is 0 Å². The Morgan fingerprint density at radius 1 is 1.64 bits per heavy atom. The van der Waals surface area contributed by atoms with E-state index in [0.29, 0.717) is 0 Å². The molecule has 0 aliphatic rings. The van der Waals surface area contributed by atoms with Crippen LogP contribution in [0.5, 0.6) is 0 Å². The number of aliphatic hydroxyl groups excluding tert-OH is 1. The van der Waals surface area contributed by atoms with Crippen LogP contribution in [0.15, 0.2) is 6.20 Å². The van der Waals surface area contributed by atoms with Crippen molar-refractivity contribution < 1.29 is 5.11 Å². The second-order valence-electron chi connectivity index (χ2n) is 3.63. The molecule has 0 radical (unpaired) electrons. The van der Waals surface area contributed by atoms with E-state index in [1.165, 1.54) is 0 Å². The molecular weight excluding hydrogens is 178 g/mol. The SMILES string of the molecule is CCNC(C)C(O)c1cn(C)nc1C. The molecule has 0 spiro atoms. The highest BCUT2D eigenvalue weighted by Gasteiger charge is 2.19. The molecule has 4 heteroatoms. The number of aryl methyl sites for hydroxylation is 2. The fourth-order valence-corrected chi connectivity index (χ4v) is 1.61. The average molecular weight is 197 g/mol. The van der Waals surface area contributed by atoms with Crippen LogP contribution in [0.3, 0.4) is 0 Å². The molecule has 0 aliphatic heterocycles. The smallest absolute Gasteiger partial charge is 0.0973 e. The summed E-state index contributed by atoms with van der Waals surface area (Å²) in [5, 5.41) is 17.4. The predicted molar refractivity (Wildman–Crippen MR) is 56.0 cm³/mol. The summed E-state index contributed by atoms with van der Waals surface area (Å²) in [4.78, 5) is 0. The van der Waals surface area contributed by atoms with E-state index in [1.54, 1.807) is 4.68 Å². The van der Waals surface area contributed by atoms with Gasteiger partial charge in [-0.1, -0.05) is 6.92 Å². The first kappa shape index (κ1) is 11.2. The van der Waals surface area contributed by atoms with Gasteiger partial charge in [0.2, 0.25) is 0 Å². The quantitative estimate of drug-likeness (QED) is 0.749. The molecule has 1 aromatic rings. The van der Waals surface area contributed by atoms with Crippen molar-refractivity contribution in [3.63, 3.8) is 0 Å². The number of rotatable bonds is 4. The Kier molecular flexibility index (Phi) is 3.66. The number of likely N-dealkylation sites (N-methyl/N-ethyl adjacent to an activating group) is 1. The summed E-state index contributed by atoms with van der Waals surface area (Å²) in [7, 11) is 1.86. The summed E-state index contributed by atoms with van der Waals surface area (Å²) in [5.41, 5.74) is 1.80. The van der Waals surface area contributed by atoms with Gasteiger partial charge in [0.25, 0.3) is 0 Å². The molecule has 2 unspecified atom stereocenters. The zero-order valence-corrected chi connectivity index (χ0v) is 9.28. The molecule has 0 saturated heterocycles. The number of aliphatic hydroxyl groups is 1. The van der Waals surface area contributed by atoms with E-state index in [2.05, 4.69) is 10.4 Å². The van der Waals surface area contributed by atoms with Gasteiger partial charge in [-0.3, -0.25) is 4.68 Å². The van der Waals surface area contributed by atoms with Gasteiger partial charge in [-0.25, -0.2) is 0 Å². The summed E-state index contributed by atoms with van der Waals surface area (Å²) in [6.07, 6.45) is 1.39. The Balaban J connectivity index is 2.77. The minimum absolute atomic E-state index is 0.0582. The zero-order valence-electron chi connectivity index (χ0n) is 9.28. The third kappa shape index (κ3) is 2.33. The second kappa shape index (κ2) is 4.57. The lowest BCUT2D eigenvalue weighted by atomic mass is 10.1. The lowest BCUT2D eigenvalue weighted by Gasteiger charge is -2.18. The lowest BCUT2D eigenvalue weighted by molar-refractivity contribution is 0.136. The van der Waals surface area contributed by atoms with E-state index < -0.39 is 6.10 Å². The summed E-state index contributed by atoms with van der Waals surface area (Å²) < 4.78 is 1.73. The first-order valence-corrected chi connectivity index (χ1v) is 4.97. The van der Waals surface area contributed by atoms with Crippen molar-refractivity contribution in [1.82, 2.24) is 15.1 Å². The van der Waals surface area contributed by atoms with Crippen LogP contribution in [0, 0.1) is 6.92 Å². The largest absolute Gasteiger partial charge is 0.387 e. The highest BCUT2D eigenvalue weighted by Crippen LogP contribution is 2.19. The minimum Gasteiger partial charge on any atom is -0.387 e. The predicted octanol–water partition coefficient (Wildman–Crippen LogP) is 0.760. The topological polar surface area (TPSA) is 50.1 Å². The van der Waals surface area contributed by atoms with Gasteiger partial charge in [-0.15, -0.1) is 0 Å². The molecule has 0 fully saturated rings. The van der Waals surface area contributed by atoms with E-state index in [0.717, 1.165) is 17.8 Å². The van der Waals surface area contributed by atoms with Gasteiger partial charge in [0.1, 0.15) is 0 Å². The fraction of sp³-hybridized carbons (Fsp3) is 0.700. The Morgan fingerprint density at radius 2 is 2.29 bits per heavy atom. The van der Waals surface area contributed by atoms with Crippen LogP contribution in [0.2, 0.25) is 0 Å². The molecule has 14 heavy (non-hydrogen) atoms. The molecule has 1 heterocycles. The molecular formula is C10H19N3O. The van der Waals surface area contributed by atoms with Gasteiger partial charge in [-0.2, -0.15) is 5.10 Å². The summed E-state index contributed by atoms with van der Waals surface area (Å²) in [6.45, 7) is 6.77. The van der Waals surface area contributed by atoms with Crippen LogP contribution in [-0.4, -0.2) is 27.5 Å². The number of nitrogens with zero attached hydrogens (tertiary/aromatic N) is 2. The summed E-state index contributed by atoms with van der Waals surface area (Å²) in [5.74, 6) is 0. The zero-order chi connectivity index (χ0) is 10.7. The van der Waals surface area contributed by atoms with Crippen molar-refractivity contribution in [2.75, 3.05) is 6.54 Å². The maximum absolute atomic E-state index is 10.00. The number of hydrogen-bond donors (Lipinski definition) is 2. The molecule has 0 aromatic carbocycles. The number of aromatic nitrogens is 2. The molecule has 2 atom stereocenters. The van der Waals surface area contributed by atoms with E-state index in [-0.39, 0.29) is 6.04 Å². The monoisotopic (exact) mass is 197 g/mol. The van der Waals surface area contributed by atoms with Crippen LogP contribution in [0.25, 0.3) is 0 Å². The van der Waals surface area contributed by atoms with Crippen molar-refractivity contribution in [2.45, 2.75) is 32.9 Å². The molecule has 1 rings (SSSR count). The summed E-state index contributed by atoms with van der Waals surface area (Å²) >= 11 is 0. The normalized spacial score (nSPS) is 15.5. The van der Waals surface area contributed by atoms with Crippen molar-refractivity contribution in [2.24, 2.45) is 7.05 Å². The van der Waals surface area contributed by atoms with E-state index in [4.69, 9.17) is 0 Å². The molecule has 80 valence electrons. The Labute approximate surface area is 84.9 Å². The van der Waals surface area contributed by atoms with Crippen LogP contribution < -0.4 is 5.32 Å². The second-order valence-corrected chi connectivity index (χ2v) is 3.63. The van der Waals surface area contributed by atoms with E-state index in [1.807, 2.05) is 34.0 Å². The molecule has 0 saturated carbocycles.